The topological polar surface area (TPSA) is 116 Å². The van der Waals surface area contributed by atoms with Crippen molar-refractivity contribution in [3.63, 3.8) is 0 Å². The molecule has 0 radical (unpaired) electrons. The van der Waals surface area contributed by atoms with E-state index in [2.05, 4.69) is 32.5 Å². The number of aryl methyl sites for hydroxylation is 1. The number of pyridine rings is 1. The first-order valence-corrected chi connectivity index (χ1v) is 13.4. The number of anilines is 2. The first-order valence-electron chi connectivity index (χ1n) is 12.6. The second-order valence-corrected chi connectivity index (χ2v) is 11.5. The molecular formula is C25H30F2N6O2S. The van der Waals surface area contributed by atoms with Crippen molar-refractivity contribution < 1.29 is 19.0 Å². The van der Waals surface area contributed by atoms with Crippen LogP contribution in [-0.2, 0) is 0 Å². The lowest BCUT2D eigenvalue weighted by Gasteiger charge is -2.31. The summed E-state index contributed by atoms with van der Waals surface area (Å²) in [5.74, 6) is 0.339. The van der Waals surface area contributed by atoms with Gasteiger partial charge in [-0.2, -0.15) is 4.98 Å². The molecule has 3 aliphatic carbocycles. The van der Waals surface area contributed by atoms with Crippen LogP contribution in [0.25, 0.3) is 20.8 Å². The molecule has 6 rings (SSSR count). The van der Waals surface area contributed by atoms with E-state index in [4.69, 9.17) is 4.98 Å². The average Bonchev–Trinajstić information content (AvgIpc) is 3.74. The summed E-state index contributed by atoms with van der Waals surface area (Å²) in [6, 6.07) is 2.11. The van der Waals surface area contributed by atoms with E-state index in [0.717, 1.165) is 41.6 Å². The molecule has 3 aliphatic rings. The van der Waals surface area contributed by atoms with E-state index in [9.17, 15) is 19.0 Å². The van der Waals surface area contributed by atoms with Crippen LogP contribution >= 0.6 is 11.3 Å². The maximum atomic E-state index is 13.4. The third kappa shape index (κ3) is 4.31. The van der Waals surface area contributed by atoms with Gasteiger partial charge in [0.25, 0.3) is 0 Å². The largest absolute Gasteiger partial charge is 0.388 e. The highest BCUT2D eigenvalue weighted by molar-refractivity contribution is 7.21. The van der Waals surface area contributed by atoms with Crippen molar-refractivity contribution in [1.29, 1.82) is 0 Å². The highest BCUT2D eigenvalue weighted by Crippen LogP contribution is 2.45. The number of hydrogen-bond acceptors (Lipinski definition) is 9. The molecule has 0 aliphatic heterocycles. The summed E-state index contributed by atoms with van der Waals surface area (Å²) in [6.45, 7) is 3.93. The first kappa shape index (κ1) is 23.9. The molecular weight excluding hydrogens is 486 g/mol. The fourth-order valence-electron chi connectivity index (χ4n) is 5.19. The molecule has 0 bridgehead atoms. The van der Waals surface area contributed by atoms with Gasteiger partial charge < -0.3 is 20.8 Å². The van der Waals surface area contributed by atoms with Crippen LogP contribution in [0.5, 0.6) is 0 Å². The van der Waals surface area contributed by atoms with Gasteiger partial charge in [-0.1, -0.05) is 0 Å². The van der Waals surface area contributed by atoms with Gasteiger partial charge in [-0.25, -0.2) is 18.7 Å². The summed E-state index contributed by atoms with van der Waals surface area (Å²) in [5, 5.41) is 28.8. The summed E-state index contributed by atoms with van der Waals surface area (Å²) in [6.07, 6.45) is 1.93. The summed E-state index contributed by atoms with van der Waals surface area (Å²) < 4.78 is 27.9. The fourth-order valence-corrected chi connectivity index (χ4v) is 6.26. The van der Waals surface area contributed by atoms with Gasteiger partial charge in [-0.3, -0.25) is 4.98 Å². The third-order valence-electron chi connectivity index (χ3n) is 7.70. The molecule has 3 aromatic heterocycles. The number of rotatable bonds is 8. The number of aliphatic hydroxyl groups excluding tert-OH is 1. The van der Waals surface area contributed by atoms with E-state index in [1.165, 1.54) is 11.3 Å². The van der Waals surface area contributed by atoms with Crippen molar-refractivity contribution in [1.82, 2.24) is 19.9 Å². The molecule has 0 saturated heterocycles. The zero-order valence-corrected chi connectivity index (χ0v) is 21.0. The average molecular weight is 517 g/mol. The predicted molar refractivity (Wildman–Crippen MR) is 134 cm³/mol. The highest BCUT2D eigenvalue weighted by atomic mass is 32.1. The molecule has 3 heterocycles. The van der Waals surface area contributed by atoms with E-state index in [0.29, 0.717) is 34.0 Å². The van der Waals surface area contributed by atoms with Crippen molar-refractivity contribution in [3.8, 4) is 10.6 Å². The second kappa shape index (κ2) is 8.81. The van der Waals surface area contributed by atoms with Crippen LogP contribution in [0.15, 0.2) is 12.3 Å². The molecule has 192 valence electrons. The summed E-state index contributed by atoms with van der Waals surface area (Å²) in [5.41, 5.74) is 1.13. The Morgan fingerprint density at radius 3 is 2.58 bits per heavy atom. The zero-order valence-electron chi connectivity index (χ0n) is 20.2. The molecule has 0 spiro atoms. The normalized spacial score (nSPS) is 27.1. The number of aromatic nitrogens is 4. The minimum atomic E-state index is -2.73. The number of thiazole rings is 1. The van der Waals surface area contributed by atoms with Crippen molar-refractivity contribution in [3.05, 3.63) is 23.7 Å². The SMILES string of the molecule is Cc1nc(NC(C)C2CC2)nc(NC2(O)CCC(C(F)F)C2O)c1-c1nc2c(C3CC3)nccc2s1. The Balaban J connectivity index is 1.42. The molecule has 3 fully saturated rings. The predicted octanol–water partition coefficient (Wildman–Crippen LogP) is 4.68. The Morgan fingerprint density at radius 1 is 1.14 bits per heavy atom. The molecule has 4 atom stereocenters. The molecule has 0 amide bonds. The highest BCUT2D eigenvalue weighted by Gasteiger charge is 2.50. The number of nitrogens with zero attached hydrogens (tertiary/aromatic N) is 4. The maximum Gasteiger partial charge on any atom is 0.244 e. The monoisotopic (exact) mass is 516 g/mol. The van der Waals surface area contributed by atoms with Gasteiger partial charge in [0.15, 0.2) is 5.72 Å². The van der Waals surface area contributed by atoms with Crippen LogP contribution in [0.2, 0.25) is 0 Å². The first-order chi connectivity index (χ1) is 17.2. The lowest BCUT2D eigenvalue weighted by molar-refractivity contribution is -0.0763. The van der Waals surface area contributed by atoms with Crippen LogP contribution in [-0.4, -0.2) is 54.4 Å². The quantitative estimate of drug-likeness (QED) is 0.319. The molecule has 36 heavy (non-hydrogen) atoms. The Bertz CT molecular complexity index is 1300. The molecule has 8 nitrogen and oxygen atoms in total. The van der Waals surface area contributed by atoms with Crippen molar-refractivity contribution in [2.24, 2.45) is 11.8 Å². The molecule has 3 aromatic rings. The number of nitrogens with one attached hydrogen (secondary N) is 2. The smallest absolute Gasteiger partial charge is 0.244 e. The van der Waals surface area contributed by atoms with E-state index >= 15 is 0 Å². The van der Waals surface area contributed by atoms with Gasteiger partial charge in [0.05, 0.1) is 27.6 Å². The second-order valence-electron chi connectivity index (χ2n) is 10.5. The summed E-state index contributed by atoms with van der Waals surface area (Å²) in [7, 11) is 0. The molecule has 11 heteroatoms. The number of fused-ring (bicyclic) bond motifs is 1. The molecule has 0 aromatic carbocycles. The van der Waals surface area contributed by atoms with E-state index in [-0.39, 0.29) is 24.7 Å². The molecule has 4 N–H and O–H groups in total. The standard InChI is InChI=1S/C25H30F2N6O2S/c1-11(13-3-4-13)29-24-30-12(2)17(22(32-24)33-25(35)9-7-15(20(25)34)21(26)27)23-31-19-16(36-23)8-10-28-18(19)14-5-6-14/h8,10-11,13-15,20-21,34-35H,3-7,9H2,1-2H3,(H2,29,30,32,33). The van der Waals surface area contributed by atoms with E-state index in [1.54, 1.807) is 6.20 Å². The van der Waals surface area contributed by atoms with Crippen LogP contribution in [0.1, 0.15) is 62.8 Å². The number of hydrogen-bond donors (Lipinski definition) is 4. The van der Waals surface area contributed by atoms with Gasteiger partial charge in [-0.05, 0) is 64.4 Å². The number of alkyl halides is 2. The van der Waals surface area contributed by atoms with Crippen molar-refractivity contribution >= 4 is 33.3 Å². The van der Waals surface area contributed by atoms with Gasteiger partial charge in [0, 0.05) is 18.2 Å². The minimum Gasteiger partial charge on any atom is -0.388 e. The minimum absolute atomic E-state index is 0.00308. The summed E-state index contributed by atoms with van der Waals surface area (Å²) in [4.78, 5) is 18.8. The maximum absolute atomic E-state index is 13.4. The van der Waals surface area contributed by atoms with Gasteiger partial charge >= 0.3 is 0 Å². The van der Waals surface area contributed by atoms with Gasteiger partial charge in [-0.15, -0.1) is 11.3 Å². The number of halogens is 2. The Morgan fingerprint density at radius 2 is 1.92 bits per heavy atom. The van der Waals surface area contributed by atoms with Crippen molar-refractivity contribution in [2.45, 2.75) is 82.6 Å². The number of aliphatic hydroxyl groups is 2. The van der Waals surface area contributed by atoms with E-state index < -0.39 is 24.2 Å². The molecule has 4 unspecified atom stereocenters. The van der Waals surface area contributed by atoms with E-state index in [1.807, 2.05) is 13.0 Å². The zero-order chi connectivity index (χ0) is 25.2. The Labute approximate surface area is 211 Å². The summed E-state index contributed by atoms with van der Waals surface area (Å²) >= 11 is 1.48. The van der Waals surface area contributed by atoms with Gasteiger partial charge in [0.1, 0.15) is 22.4 Å². The van der Waals surface area contributed by atoms with Crippen molar-refractivity contribution in [2.75, 3.05) is 10.6 Å². The van der Waals surface area contributed by atoms with Crippen LogP contribution in [0.4, 0.5) is 20.5 Å². The van der Waals surface area contributed by atoms with Crippen LogP contribution in [0.3, 0.4) is 0 Å². The Hall–Kier alpha value is -2.50. The van der Waals surface area contributed by atoms with Crippen LogP contribution < -0.4 is 10.6 Å². The third-order valence-corrected chi connectivity index (χ3v) is 8.74. The van der Waals surface area contributed by atoms with Crippen LogP contribution in [0, 0.1) is 18.8 Å². The molecule has 3 saturated carbocycles. The fraction of sp³-hybridized carbons (Fsp3) is 0.600. The van der Waals surface area contributed by atoms with Gasteiger partial charge in [0.2, 0.25) is 12.4 Å². The Kier molecular flexibility index (Phi) is 5.84. The lowest BCUT2D eigenvalue weighted by Crippen LogP contribution is -2.48. The lowest BCUT2D eigenvalue weighted by atomic mass is 10.0.